The first-order chi connectivity index (χ1) is 14.0. The van der Waals surface area contributed by atoms with Crippen LogP contribution in [0.4, 0.5) is 10.5 Å². The first kappa shape index (κ1) is 21.1. The Hall–Kier alpha value is -2.57. The zero-order valence-electron chi connectivity index (χ0n) is 17.3. The summed E-state index contributed by atoms with van der Waals surface area (Å²) < 4.78 is 5.34. The van der Waals surface area contributed by atoms with Crippen LogP contribution in [0.1, 0.15) is 46.0 Å². The summed E-state index contributed by atoms with van der Waals surface area (Å²) in [5.74, 6) is -0.712. The molecular formula is C22H31N3O4. The molecule has 0 aliphatic carbocycles. The molecule has 0 radical (unpaired) electrons. The summed E-state index contributed by atoms with van der Waals surface area (Å²) in [7, 11) is 0. The third kappa shape index (κ3) is 5.49. The number of piperidine rings is 2. The highest BCUT2D eigenvalue weighted by atomic mass is 16.5. The van der Waals surface area contributed by atoms with Gasteiger partial charge >= 0.3 is 12.0 Å². The van der Waals surface area contributed by atoms with Crippen LogP contribution in [-0.2, 0) is 14.3 Å². The molecule has 2 saturated heterocycles. The van der Waals surface area contributed by atoms with Gasteiger partial charge in [-0.2, -0.15) is 0 Å². The average Bonchev–Trinajstić information content (AvgIpc) is 2.72. The van der Waals surface area contributed by atoms with Crippen LogP contribution in [0, 0.1) is 5.92 Å². The molecule has 158 valence electrons. The first-order valence-electron chi connectivity index (χ1n) is 10.5. The van der Waals surface area contributed by atoms with E-state index in [-0.39, 0.29) is 42.5 Å². The van der Waals surface area contributed by atoms with Gasteiger partial charge < -0.3 is 19.9 Å². The number of benzene rings is 1. The molecule has 7 nitrogen and oxygen atoms in total. The van der Waals surface area contributed by atoms with Crippen LogP contribution < -0.4 is 5.32 Å². The highest BCUT2D eigenvalue weighted by molar-refractivity contribution is 5.89. The zero-order valence-corrected chi connectivity index (χ0v) is 17.3. The van der Waals surface area contributed by atoms with Crippen molar-refractivity contribution in [3.05, 3.63) is 30.3 Å². The van der Waals surface area contributed by atoms with Gasteiger partial charge in [-0.3, -0.25) is 9.59 Å². The van der Waals surface area contributed by atoms with Crippen molar-refractivity contribution < 1.29 is 19.1 Å². The molecule has 2 heterocycles. The number of anilines is 1. The molecule has 0 unspecified atom stereocenters. The molecule has 2 aliphatic rings. The van der Waals surface area contributed by atoms with E-state index < -0.39 is 0 Å². The van der Waals surface area contributed by atoms with E-state index in [9.17, 15) is 14.4 Å². The predicted molar refractivity (Wildman–Crippen MR) is 110 cm³/mol. The summed E-state index contributed by atoms with van der Waals surface area (Å²) in [6.07, 6.45) is 4.21. The normalized spacial score (nSPS) is 22.8. The Labute approximate surface area is 172 Å². The number of urea groups is 1. The maximum atomic E-state index is 12.5. The highest BCUT2D eigenvalue weighted by Crippen LogP contribution is 2.23. The molecule has 0 saturated carbocycles. The van der Waals surface area contributed by atoms with Crippen molar-refractivity contribution in [3.63, 3.8) is 0 Å². The van der Waals surface area contributed by atoms with Gasteiger partial charge in [0.2, 0.25) is 0 Å². The molecule has 3 rings (SSSR count). The fourth-order valence-corrected chi connectivity index (χ4v) is 4.28. The quantitative estimate of drug-likeness (QED) is 0.786. The maximum absolute atomic E-state index is 12.5. The molecule has 1 aromatic carbocycles. The lowest BCUT2D eigenvalue weighted by Gasteiger charge is -2.39. The van der Waals surface area contributed by atoms with E-state index in [4.69, 9.17) is 4.74 Å². The molecular weight excluding hydrogens is 370 g/mol. The molecule has 0 bridgehead atoms. The van der Waals surface area contributed by atoms with Crippen molar-refractivity contribution in [2.24, 2.45) is 5.92 Å². The van der Waals surface area contributed by atoms with Gasteiger partial charge in [0.15, 0.2) is 6.61 Å². The minimum atomic E-state index is -0.334. The number of rotatable bonds is 4. The van der Waals surface area contributed by atoms with Crippen LogP contribution in [0.2, 0.25) is 0 Å². The summed E-state index contributed by atoms with van der Waals surface area (Å²) >= 11 is 0. The number of nitrogens with zero attached hydrogens (tertiary/aromatic N) is 2. The second-order valence-electron chi connectivity index (χ2n) is 8.10. The lowest BCUT2D eigenvalue weighted by atomic mass is 9.97. The molecule has 2 fully saturated rings. The monoisotopic (exact) mass is 401 g/mol. The van der Waals surface area contributed by atoms with Crippen LogP contribution in [0.25, 0.3) is 0 Å². The molecule has 1 N–H and O–H groups in total. The standard InChI is InChI=1S/C22H31N3O4/c1-16-7-6-8-17(2)25(16)20(26)15-29-21(27)18-11-13-24(14-12-18)22(28)23-19-9-4-3-5-10-19/h3-5,9-10,16-18H,6-8,11-15H2,1-2H3,(H,23,28)/t16-,17-/m0/s1. The Morgan fingerprint density at radius 3 is 2.24 bits per heavy atom. The van der Waals surface area contributed by atoms with Crippen LogP contribution in [-0.4, -0.2) is 59.5 Å². The Bertz CT molecular complexity index is 706. The van der Waals surface area contributed by atoms with E-state index in [2.05, 4.69) is 5.32 Å². The molecule has 29 heavy (non-hydrogen) atoms. The Morgan fingerprint density at radius 1 is 1.00 bits per heavy atom. The fraction of sp³-hybridized carbons (Fsp3) is 0.591. The summed E-state index contributed by atoms with van der Waals surface area (Å²) in [4.78, 5) is 40.8. The first-order valence-corrected chi connectivity index (χ1v) is 10.5. The lowest BCUT2D eigenvalue weighted by Crippen LogP contribution is -2.49. The van der Waals surface area contributed by atoms with Crippen LogP contribution >= 0.6 is 0 Å². The third-order valence-electron chi connectivity index (χ3n) is 5.96. The van der Waals surface area contributed by atoms with Crippen molar-refractivity contribution in [1.82, 2.24) is 9.80 Å². The number of esters is 1. The van der Waals surface area contributed by atoms with Gasteiger partial charge in [-0.05, 0) is 58.1 Å². The Kier molecular flexibility index (Phi) is 7.12. The van der Waals surface area contributed by atoms with E-state index in [0.717, 1.165) is 24.9 Å². The number of hydrogen-bond acceptors (Lipinski definition) is 4. The third-order valence-corrected chi connectivity index (χ3v) is 5.96. The Balaban J connectivity index is 1.41. The van der Waals surface area contributed by atoms with E-state index in [1.54, 1.807) is 4.90 Å². The van der Waals surface area contributed by atoms with E-state index >= 15 is 0 Å². The van der Waals surface area contributed by atoms with Gasteiger partial charge in [0, 0.05) is 30.9 Å². The Morgan fingerprint density at radius 2 is 1.62 bits per heavy atom. The van der Waals surface area contributed by atoms with Gasteiger partial charge in [-0.1, -0.05) is 18.2 Å². The van der Waals surface area contributed by atoms with Crippen molar-refractivity contribution >= 4 is 23.6 Å². The molecule has 2 aliphatic heterocycles. The van der Waals surface area contributed by atoms with Crippen LogP contribution in [0.15, 0.2) is 30.3 Å². The SMILES string of the molecule is C[C@H]1CCC[C@H](C)N1C(=O)COC(=O)C1CCN(C(=O)Nc2ccccc2)CC1. The van der Waals surface area contributed by atoms with E-state index in [0.29, 0.717) is 25.9 Å². The largest absolute Gasteiger partial charge is 0.455 e. The fourth-order valence-electron chi connectivity index (χ4n) is 4.28. The molecule has 2 atom stereocenters. The van der Waals surface area contributed by atoms with E-state index in [1.807, 2.05) is 49.1 Å². The minimum Gasteiger partial charge on any atom is -0.455 e. The predicted octanol–water partition coefficient (Wildman–Crippen LogP) is 3.26. The minimum absolute atomic E-state index is 0.113. The van der Waals surface area contributed by atoms with Crippen LogP contribution in [0.5, 0.6) is 0 Å². The highest BCUT2D eigenvalue weighted by Gasteiger charge is 2.32. The number of ether oxygens (including phenoxy) is 1. The summed E-state index contributed by atoms with van der Waals surface area (Å²) in [5, 5.41) is 2.86. The lowest BCUT2D eigenvalue weighted by molar-refractivity contribution is -0.158. The average molecular weight is 402 g/mol. The van der Waals surface area contributed by atoms with E-state index in [1.165, 1.54) is 0 Å². The second-order valence-corrected chi connectivity index (χ2v) is 8.10. The number of likely N-dealkylation sites (tertiary alicyclic amines) is 2. The van der Waals surface area contributed by atoms with Crippen LogP contribution in [0.3, 0.4) is 0 Å². The van der Waals surface area contributed by atoms with Gasteiger partial charge in [0.05, 0.1) is 5.92 Å². The number of carbonyl (C=O) groups is 3. The van der Waals surface area contributed by atoms with Gasteiger partial charge in [0.25, 0.3) is 5.91 Å². The molecule has 0 spiro atoms. The van der Waals surface area contributed by atoms with Gasteiger partial charge in [0.1, 0.15) is 0 Å². The maximum Gasteiger partial charge on any atom is 0.321 e. The summed E-state index contributed by atoms with van der Waals surface area (Å²) in [6.45, 7) is 4.89. The molecule has 3 amide bonds. The van der Waals surface area contributed by atoms with Crippen molar-refractivity contribution in [3.8, 4) is 0 Å². The zero-order chi connectivity index (χ0) is 20.8. The second kappa shape index (κ2) is 9.76. The molecule has 7 heteroatoms. The summed E-state index contributed by atoms with van der Waals surface area (Å²) in [6, 6.07) is 9.52. The number of amides is 3. The molecule has 1 aromatic rings. The van der Waals surface area contributed by atoms with Gasteiger partial charge in [-0.15, -0.1) is 0 Å². The smallest absolute Gasteiger partial charge is 0.321 e. The van der Waals surface area contributed by atoms with Gasteiger partial charge in [-0.25, -0.2) is 4.79 Å². The number of carbonyl (C=O) groups excluding carboxylic acids is 3. The van der Waals surface area contributed by atoms with Crippen molar-refractivity contribution in [2.75, 3.05) is 25.0 Å². The van der Waals surface area contributed by atoms with Crippen molar-refractivity contribution in [2.45, 2.75) is 58.0 Å². The number of hydrogen-bond donors (Lipinski definition) is 1. The summed E-state index contributed by atoms with van der Waals surface area (Å²) in [5.41, 5.74) is 0.749. The number of nitrogens with one attached hydrogen (secondary N) is 1. The number of para-hydroxylation sites is 1. The molecule has 0 aromatic heterocycles. The topological polar surface area (TPSA) is 79.0 Å². The van der Waals surface area contributed by atoms with Crippen molar-refractivity contribution in [1.29, 1.82) is 0 Å².